The third-order valence-corrected chi connectivity index (χ3v) is 21.2. The average molecular weight is 1510 g/mol. The summed E-state index contributed by atoms with van der Waals surface area (Å²) in [6.07, 6.45) is 29.8. The lowest BCUT2D eigenvalue weighted by molar-refractivity contribution is -0.285. The third-order valence-electron chi connectivity index (χ3n) is 20.6. The smallest absolute Gasteiger partial charge is 0.462 e. The number of carbonyl (C=O) groups is 5. The van der Waals surface area contributed by atoms with E-state index in [1.165, 1.54) is 103 Å². The first kappa shape index (κ1) is 97.2. The van der Waals surface area contributed by atoms with Crippen LogP contribution in [0.25, 0.3) is 0 Å². The Kier molecular flexibility index (Phi) is 58.8. The predicted molar refractivity (Wildman–Crippen MR) is 408 cm³/mol. The number of esters is 3. The molecule has 0 spiro atoms. The van der Waals surface area contributed by atoms with Crippen LogP contribution in [0.2, 0.25) is 0 Å². The summed E-state index contributed by atoms with van der Waals surface area (Å²) in [6, 6.07) is -2.91. The molecule has 0 radical (unpaired) electrons. The topological polar surface area (TPSA) is 333 Å². The number of phosphoric acid groups is 1. The predicted octanol–water partition coefficient (Wildman–Crippen LogP) is 16.3. The van der Waals surface area contributed by atoms with Crippen molar-refractivity contribution in [2.45, 2.75) is 474 Å². The van der Waals surface area contributed by atoms with Gasteiger partial charge in [-0.2, -0.15) is 0 Å². The first-order valence-electron chi connectivity index (χ1n) is 42.4. The van der Waals surface area contributed by atoms with E-state index in [0.717, 1.165) is 161 Å². The summed E-state index contributed by atoms with van der Waals surface area (Å²) >= 11 is 0. The molecule has 5 unspecified atom stereocenters. The molecule has 2 amide bonds. The van der Waals surface area contributed by atoms with E-state index in [4.69, 9.17) is 32.9 Å². The van der Waals surface area contributed by atoms with Crippen molar-refractivity contribution in [2.75, 3.05) is 13.2 Å². The molecular formula is C81H153N2O20P. The summed E-state index contributed by atoms with van der Waals surface area (Å²) in [5, 5.41) is 62.3. The Balaban J connectivity index is 2.58. The average Bonchev–Trinajstić information content (AvgIpc) is 0.782. The van der Waals surface area contributed by atoms with Crippen LogP contribution in [0, 0.1) is 0 Å². The lowest BCUT2D eigenvalue weighted by Gasteiger charge is -2.47. The fourth-order valence-corrected chi connectivity index (χ4v) is 14.9. The number of ether oxygens (including phenoxy) is 6. The van der Waals surface area contributed by atoms with Gasteiger partial charge < -0.3 is 74.4 Å². The quantitative estimate of drug-likeness (QED) is 0.0118. The molecule has 2 heterocycles. The molecule has 2 aliphatic rings. The number of unbranched alkanes of at least 4 members (excludes halogenated alkanes) is 40. The van der Waals surface area contributed by atoms with Gasteiger partial charge in [0.05, 0.1) is 69.4 Å². The van der Waals surface area contributed by atoms with Gasteiger partial charge in [-0.1, -0.05) is 311 Å². The highest BCUT2D eigenvalue weighted by molar-refractivity contribution is 7.46. The van der Waals surface area contributed by atoms with Crippen LogP contribution in [0.4, 0.5) is 0 Å². The summed E-state index contributed by atoms with van der Waals surface area (Å²) in [7, 11) is -5.52. The number of nitrogens with one attached hydrogen (secondary N) is 2. The van der Waals surface area contributed by atoms with Crippen LogP contribution in [0.1, 0.15) is 388 Å². The van der Waals surface area contributed by atoms with Crippen LogP contribution in [0.3, 0.4) is 0 Å². The van der Waals surface area contributed by atoms with Gasteiger partial charge in [0.25, 0.3) is 0 Å². The summed E-state index contributed by atoms with van der Waals surface area (Å²) < 4.78 is 55.3. The van der Waals surface area contributed by atoms with Gasteiger partial charge in [-0.3, -0.25) is 28.5 Å². The zero-order valence-corrected chi connectivity index (χ0v) is 67.0. The molecule has 22 nitrogen and oxygen atoms in total. The van der Waals surface area contributed by atoms with Gasteiger partial charge in [0.2, 0.25) is 11.8 Å². The van der Waals surface area contributed by atoms with Crippen LogP contribution in [0.15, 0.2) is 0 Å². The Morgan fingerprint density at radius 3 is 1.15 bits per heavy atom. The first-order valence-corrected chi connectivity index (χ1v) is 43.9. The summed E-state index contributed by atoms with van der Waals surface area (Å²) in [5.41, 5.74) is 0. The van der Waals surface area contributed by atoms with E-state index in [9.17, 15) is 63.9 Å². The molecule has 612 valence electrons. The lowest BCUT2D eigenvalue weighted by Crippen LogP contribution is -2.67. The second kappa shape index (κ2) is 62.9. The van der Waals surface area contributed by atoms with Crippen molar-refractivity contribution < 1.29 is 96.8 Å². The molecule has 23 heteroatoms. The van der Waals surface area contributed by atoms with Crippen LogP contribution in [0.5, 0.6) is 0 Å². The summed E-state index contributed by atoms with van der Waals surface area (Å²) in [6.45, 7) is 10.9. The van der Waals surface area contributed by atoms with Gasteiger partial charge in [-0.05, 0) is 45.4 Å². The highest BCUT2D eigenvalue weighted by Gasteiger charge is 2.54. The second-order valence-electron chi connectivity index (χ2n) is 30.5. The Morgan fingerprint density at radius 2 is 0.760 bits per heavy atom. The molecule has 14 atom stereocenters. The van der Waals surface area contributed by atoms with Crippen molar-refractivity contribution in [1.82, 2.24) is 10.6 Å². The normalized spacial score (nSPS) is 21.8. The van der Waals surface area contributed by atoms with Crippen molar-refractivity contribution in [3.63, 3.8) is 0 Å². The molecule has 0 saturated carbocycles. The van der Waals surface area contributed by atoms with E-state index in [1.807, 2.05) is 0 Å². The minimum Gasteiger partial charge on any atom is -0.462 e. The van der Waals surface area contributed by atoms with Crippen molar-refractivity contribution in [1.29, 1.82) is 0 Å². The van der Waals surface area contributed by atoms with Gasteiger partial charge in [-0.25, -0.2) is 4.57 Å². The Morgan fingerprint density at radius 1 is 0.413 bits per heavy atom. The minimum atomic E-state index is -5.52. The van der Waals surface area contributed by atoms with Crippen molar-refractivity contribution >= 4 is 37.5 Å². The standard InChI is InChI=1S/C81H153N2O20P/c1-7-12-17-22-27-32-37-42-47-52-64(85)57-70(88)82-75-63(6)98-69(77(93)79(75)101-73(91)58-65(86)53-48-43-38-33-28-23-18-13-8-2)62-97-81-76(80(78(68(61-84)100-81)103-104(94,95)96)102-74(92)59-66(87)54-49-44-39-34-29-24-19-14-9-3)83-71(89)60-67(55-50-45-40-35-30-25-20-15-10-4)99-72(90)56-51-46-41-36-31-26-21-16-11-5/h63-69,75-81,84-87,93H,7-62H2,1-6H3,(H,82,88)(H,83,89)(H2,94,95,96)/t63?,64-,65-,66-,67-,68?,69?,75?,76?,77-,78-,79-,80-,81-/m1/s1. The number of phosphoric ester groups is 1. The number of hydrogen-bond donors (Lipinski definition) is 9. The molecule has 104 heavy (non-hydrogen) atoms. The highest BCUT2D eigenvalue weighted by Crippen LogP contribution is 2.43. The van der Waals surface area contributed by atoms with Crippen LogP contribution in [-0.2, 0) is 61.5 Å². The molecule has 0 aromatic rings. The van der Waals surface area contributed by atoms with E-state index in [1.54, 1.807) is 6.92 Å². The lowest BCUT2D eigenvalue weighted by atomic mass is 9.92. The largest absolute Gasteiger partial charge is 0.470 e. The molecule has 2 saturated heterocycles. The third kappa shape index (κ3) is 48.6. The molecule has 2 rings (SSSR count). The number of aliphatic hydroxyl groups is 5. The molecule has 9 N–H and O–H groups in total. The first-order chi connectivity index (χ1) is 50.2. The Bertz CT molecular complexity index is 2180. The number of rotatable bonds is 69. The van der Waals surface area contributed by atoms with Crippen LogP contribution in [-0.4, -0.2) is 164 Å². The molecule has 2 aliphatic heterocycles. The fourth-order valence-electron chi connectivity index (χ4n) is 14.4. The number of aliphatic hydroxyl groups excluding tert-OH is 5. The SMILES string of the molecule is CCCCCCCCCCCC(=O)O[C@H](CCCCCCCCCCC)CC(=O)NC1[C@H](OCC2OC(C)C(NC(=O)C[C@H](O)CCCCCCCCCCC)[C@@H](OC(=O)C[C@H](O)CCCCCCCCCCC)[C@@H]2O)OC(CO)[C@@H](OP(=O)(O)O)[C@@H]1OC(=O)C[C@H](O)CCCCCCCCCCC. The number of carbonyl (C=O) groups excluding carboxylic acids is 5. The molecule has 2 fully saturated rings. The van der Waals surface area contributed by atoms with Crippen molar-refractivity contribution in [3.05, 3.63) is 0 Å². The van der Waals surface area contributed by atoms with Gasteiger partial charge in [0, 0.05) is 6.42 Å². The molecule has 0 aromatic carbocycles. The number of amides is 2. The second-order valence-corrected chi connectivity index (χ2v) is 31.7. The maximum absolute atomic E-state index is 14.8. The fraction of sp³-hybridized carbons (Fsp3) is 0.938. The molecule has 0 bridgehead atoms. The highest BCUT2D eigenvalue weighted by atomic mass is 31.2. The Hall–Kier alpha value is -2.86. The minimum absolute atomic E-state index is 0.149. The van der Waals surface area contributed by atoms with Gasteiger partial charge >= 0.3 is 25.7 Å². The van der Waals surface area contributed by atoms with Gasteiger partial charge in [0.1, 0.15) is 36.6 Å². The zero-order chi connectivity index (χ0) is 76.4. The van der Waals surface area contributed by atoms with Crippen LogP contribution >= 0.6 is 7.82 Å². The summed E-state index contributed by atoms with van der Waals surface area (Å²) in [4.78, 5) is 91.1. The maximum Gasteiger partial charge on any atom is 0.470 e. The van der Waals surface area contributed by atoms with Crippen molar-refractivity contribution in [2.24, 2.45) is 0 Å². The van der Waals surface area contributed by atoms with E-state index in [0.29, 0.717) is 44.9 Å². The monoisotopic (exact) mass is 1510 g/mol. The zero-order valence-electron chi connectivity index (χ0n) is 66.1. The van der Waals surface area contributed by atoms with E-state index >= 15 is 0 Å². The van der Waals surface area contributed by atoms with Gasteiger partial charge in [-0.15, -0.1) is 0 Å². The molecular weight excluding hydrogens is 1350 g/mol. The number of hydrogen-bond acceptors (Lipinski definition) is 18. The van der Waals surface area contributed by atoms with E-state index in [2.05, 4.69) is 45.3 Å². The van der Waals surface area contributed by atoms with E-state index < -0.39 is 156 Å². The Labute approximate surface area is 629 Å². The molecule has 0 aliphatic carbocycles. The van der Waals surface area contributed by atoms with Gasteiger partial charge in [0.15, 0.2) is 18.5 Å². The molecule has 0 aromatic heterocycles. The van der Waals surface area contributed by atoms with Crippen molar-refractivity contribution in [3.8, 4) is 0 Å². The summed E-state index contributed by atoms with van der Waals surface area (Å²) in [5.74, 6) is -3.70. The maximum atomic E-state index is 14.8. The van der Waals surface area contributed by atoms with E-state index in [-0.39, 0.29) is 19.3 Å². The van der Waals surface area contributed by atoms with Crippen LogP contribution < -0.4 is 10.6 Å².